The van der Waals surface area contributed by atoms with Crippen LogP contribution in [0.4, 0.5) is 0 Å². The van der Waals surface area contributed by atoms with Gasteiger partial charge in [0.25, 0.3) is 0 Å². The van der Waals surface area contributed by atoms with Gasteiger partial charge in [-0.05, 0) is 51.9 Å². The zero-order valence-electron chi connectivity index (χ0n) is 12.4. The monoisotopic (exact) mass is 241 g/mol. The summed E-state index contributed by atoms with van der Waals surface area (Å²) in [6.45, 7) is 10.8. The zero-order valence-corrected chi connectivity index (χ0v) is 12.4. The lowest BCUT2D eigenvalue weighted by atomic mass is 9.86. The molecule has 102 valence electrons. The van der Waals surface area contributed by atoms with Crippen LogP contribution in [-0.2, 0) is 0 Å². The Bertz CT molecular complexity index is 220. The van der Waals surface area contributed by atoms with Crippen molar-refractivity contribution in [2.75, 3.05) is 53.9 Å². The van der Waals surface area contributed by atoms with Crippen molar-refractivity contribution in [3.63, 3.8) is 0 Å². The van der Waals surface area contributed by atoms with Crippen LogP contribution in [0.5, 0.6) is 0 Å². The fourth-order valence-corrected chi connectivity index (χ4v) is 3.05. The predicted molar refractivity (Wildman–Crippen MR) is 75.4 cm³/mol. The number of nitrogens with one attached hydrogen (secondary N) is 1. The lowest BCUT2D eigenvalue weighted by Crippen LogP contribution is -2.41. The van der Waals surface area contributed by atoms with Crippen LogP contribution < -0.4 is 5.32 Å². The van der Waals surface area contributed by atoms with Gasteiger partial charge in [0.2, 0.25) is 0 Å². The number of rotatable bonds is 7. The van der Waals surface area contributed by atoms with E-state index in [0.717, 1.165) is 12.5 Å². The molecule has 0 aromatic carbocycles. The van der Waals surface area contributed by atoms with Gasteiger partial charge < -0.3 is 15.1 Å². The van der Waals surface area contributed by atoms with Gasteiger partial charge in [0, 0.05) is 26.2 Å². The molecular weight excluding hydrogens is 210 g/mol. The fourth-order valence-electron chi connectivity index (χ4n) is 3.05. The Kier molecular flexibility index (Phi) is 5.90. The standard InChI is InChI=1S/C14H31N3/c1-6-14(2,11-15-3)12-17(5)10-13-7-8-16(4)9-13/h13,15H,6-12H2,1-5H3. The summed E-state index contributed by atoms with van der Waals surface area (Å²) in [4.78, 5) is 4.98. The second-order valence-corrected chi connectivity index (χ2v) is 6.31. The summed E-state index contributed by atoms with van der Waals surface area (Å²) in [5, 5.41) is 3.33. The molecule has 1 saturated heterocycles. The predicted octanol–water partition coefficient (Wildman–Crippen LogP) is 1.51. The Balaban J connectivity index is 2.34. The van der Waals surface area contributed by atoms with E-state index in [1.54, 1.807) is 0 Å². The van der Waals surface area contributed by atoms with Gasteiger partial charge in [-0.3, -0.25) is 0 Å². The van der Waals surface area contributed by atoms with E-state index < -0.39 is 0 Å². The topological polar surface area (TPSA) is 18.5 Å². The van der Waals surface area contributed by atoms with Gasteiger partial charge >= 0.3 is 0 Å². The van der Waals surface area contributed by atoms with E-state index in [2.05, 4.69) is 50.1 Å². The number of likely N-dealkylation sites (tertiary alicyclic amines) is 1. The zero-order chi connectivity index (χ0) is 12.9. The summed E-state index contributed by atoms with van der Waals surface area (Å²) in [5.74, 6) is 0.876. The SMILES string of the molecule is CCC(C)(CNC)CN(C)CC1CCN(C)C1. The second-order valence-electron chi connectivity index (χ2n) is 6.31. The summed E-state index contributed by atoms with van der Waals surface area (Å²) in [7, 11) is 6.57. The minimum Gasteiger partial charge on any atom is -0.319 e. The molecule has 2 unspecified atom stereocenters. The molecule has 0 spiro atoms. The quantitative estimate of drug-likeness (QED) is 0.729. The van der Waals surface area contributed by atoms with E-state index in [1.165, 1.54) is 39.0 Å². The largest absolute Gasteiger partial charge is 0.319 e. The molecule has 1 aliphatic heterocycles. The van der Waals surface area contributed by atoms with Gasteiger partial charge in [-0.15, -0.1) is 0 Å². The third-order valence-electron chi connectivity index (χ3n) is 4.17. The first-order chi connectivity index (χ1) is 7.99. The minimum atomic E-state index is 0.411. The average molecular weight is 241 g/mol. The van der Waals surface area contributed by atoms with Crippen LogP contribution in [-0.4, -0.2) is 63.7 Å². The summed E-state index contributed by atoms with van der Waals surface area (Å²) in [6, 6.07) is 0. The van der Waals surface area contributed by atoms with Gasteiger partial charge in [-0.1, -0.05) is 13.8 Å². The fraction of sp³-hybridized carbons (Fsp3) is 1.00. The summed E-state index contributed by atoms with van der Waals surface area (Å²) in [6.07, 6.45) is 2.61. The molecule has 0 saturated carbocycles. The van der Waals surface area contributed by atoms with Crippen LogP contribution in [0, 0.1) is 11.3 Å². The van der Waals surface area contributed by atoms with Crippen LogP contribution in [0.1, 0.15) is 26.7 Å². The van der Waals surface area contributed by atoms with Crippen LogP contribution in [0.3, 0.4) is 0 Å². The molecule has 1 rings (SSSR count). The Morgan fingerprint density at radius 3 is 2.65 bits per heavy atom. The van der Waals surface area contributed by atoms with Crippen LogP contribution in [0.2, 0.25) is 0 Å². The highest BCUT2D eigenvalue weighted by molar-refractivity contribution is 4.81. The van der Waals surface area contributed by atoms with Crippen molar-refractivity contribution in [3.05, 3.63) is 0 Å². The molecule has 1 heterocycles. The number of hydrogen-bond donors (Lipinski definition) is 1. The molecule has 3 nitrogen and oxygen atoms in total. The smallest absolute Gasteiger partial charge is 0.00445 e. The van der Waals surface area contributed by atoms with E-state index >= 15 is 0 Å². The van der Waals surface area contributed by atoms with Crippen molar-refractivity contribution in [3.8, 4) is 0 Å². The Morgan fingerprint density at radius 2 is 2.18 bits per heavy atom. The number of nitrogens with zero attached hydrogens (tertiary/aromatic N) is 2. The normalized spacial score (nSPS) is 25.4. The van der Waals surface area contributed by atoms with E-state index in [0.29, 0.717) is 5.41 Å². The van der Waals surface area contributed by atoms with E-state index in [-0.39, 0.29) is 0 Å². The molecule has 2 atom stereocenters. The molecule has 0 aromatic rings. The first-order valence-electron chi connectivity index (χ1n) is 7.01. The maximum Gasteiger partial charge on any atom is 0.00445 e. The van der Waals surface area contributed by atoms with E-state index in [4.69, 9.17) is 0 Å². The molecule has 0 bridgehead atoms. The van der Waals surface area contributed by atoms with Crippen molar-refractivity contribution >= 4 is 0 Å². The third-order valence-corrected chi connectivity index (χ3v) is 4.17. The van der Waals surface area contributed by atoms with Gasteiger partial charge in [0.05, 0.1) is 0 Å². The lowest BCUT2D eigenvalue weighted by Gasteiger charge is -2.34. The van der Waals surface area contributed by atoms with E-state index in [9.17, 15) is 0 Å². The van der Waals surface area contributed by atoms with Crippen molar-refractivity contribution < 1.29 is 0 Å². The summed E-state index contributed by atoms with van der Waals surface area (Å²) >= 11 is 0. The van der Waals surface area contributed by atoms with Gasteiger partial charge in [0.15, 0.2) is 0 Å². The molecular formula is C14H31N3. The molecule has 0 radical (unpaired) electrons. The highest BCUT2D eigenvalue weighted by atomic mass is 15.2. The molecule has 0 aromatic heterocycles. The first-order valence-corrected chi connectivity index (χ1v) is 7.01. The van der Waals surface area contributed by atoms with Crippen LogP contribution in [0.15, 0.2) is 0 Å². The van der Waals surface area contributed by atoms with Crippen molar-refractivity contribution in [2.45, 2.75) is 26.7 Å². The average Bonchev–Trinajstić information content (AvgIpc) is 2.64. The second kappa shape index (κ2) is 6.72. The number of hydrogen-bond acceptors (Lipinski definition) is 3. The Morgan fingerprint density at radius 1 is 1.47 bits per heavy atom. The van der Waals surface area contributed by atoms with E-state index in [1.807, 2.05) is 0 Å². The minimum absolute atomic E-state index is 0.411. The highest BCUT2D eigenvalue weighted by Crippen LogP contribution is 2.22. The molecule has 1 fully saturated rings. The van der Waals surface area contributed by atoms with Gasteiger partial charge in [0.1, 0.15) is 0 Å². The summed E-state index contributed by atoms with van der Waals surface area (Å²) in [5.41, 5.74) is 0.411. The Hall–Kier alpha value is -0.120. The molecule has 1 aliphatic rings. The summed E-state index contributed by atoms with van der Waals surface area (Å²) < 4.78 is 0. The molecule has 3 heteroatoms. The van der Waals surface area contributed by atoms with Crippen LogP contribution in [0.25, 0.3) is 0 Å². The van der Waals surface area contributed by atoms with Crippen molar-refractivity contribution in [2.24, 2.45) is 11.3 Å². The maximum atomic E-state index is 3.33. The third kappa shape index (κ3) is 4.94. The lowest BCUT2D eigenvalue weighted by molar-refractivity contribution is 0.165. The molecule has 0 aliphatic carbocycles. The van der Waals surface area contributed by atoms with Crippen molar-refractivity contribution in [1.29, 1.82) is 0 Å². The highest BCUT2D eigenvalue weighted by Gasteiger charge is 2.26. The van der Waals surface area contributed by atoms with Gasteiger partial charge in [-0.2, -0.15) is 0 Å². The van der Waals surface area contributed by atoms with Crippen molar-refractivity contribution in [1.82, 2.24) is 15.1 Å². The first kappa shape index (κ1) is 14.9. The molecule has 0 amide bonds. The molecule has 1 N–H and O–H groups in total. The van der Waals surface area contributed by atoms with Crippen LogP contribution >= 0.6 is 0 Å². The maximum absolute atomic E-state index is 3.33. The van der Waals surface area contributed by atoms with Gasteiger partial charge in [-0.25, -0.2) is 0 Å². The Labute approximate surface area is 108 Å². The molecule has 17 heavy (non-hydrogen) atoms.